The first kappa shape index (κ1) is 19.7. The Hall–Kier alpha value is -3.10. The molecule has 0 aromatic heterocycles. The molecule has 144 valence electrons. The van der Waals surface area contributed by atoms with Gasteiger partial charge >= 0.3 is 0 Å². The van der Waals surface area contributed by atoms with Crippen LogP contribution in [0.3, 0.4) is 0 Å². The second-order valence-electron chi connectivity index (χ2n) is 5.80. The Morgan fingerprint density at radius 3 is 1.89 bits per heavy atom. The minimum atomic E-state index is -3.69. The molecule has 6 nitrogen and oxygen atoms in total. The number of anilines is 3. The lowest BCUT2D eigenvalue weighted by Gasteiger charge is -2.12. The molecule has 0 aliphatic rings. The summed E-state index contributed by atoms with van der Waals surface area (Å²) < 4.78 is 32.7. The summed E-state index contributed by atoms with van der Waals surface area (Å²) >= 11 is 5.27. The van der Waals surface area contributed by atoms with Crippen LogP contribution < -0.4 is 20.1 Å². The molecular weight excluding hydrogens is 394 g/mol. The highest BCUT2D eigenvalue weighted by atomic mass is 32.2. The maximum absolute atomic E-state index is 12.5. The van der Waals surface area contributed by atoms with Gasteiger partial charge in [-0.15, -0.1) is 0 Å². The number of para-hydroxylation sites is 1. The quantitative estimate of drug-likeness (QED) is 0.523. The fraction of sp³-hybridized carbons (Fsp3) is 0.0500. The van der Waals surface area contributed by atoms with Crippen LogP contribution in [0.2, 0.25) is 0 Å². The van der Waals surface area contributed by atoms with Crippen molar-refractivity contribution in [2.24, 2.45) is 0 Å². The first-order valence-corrected chi connectivity index (χ1v) is 10.3. The van der Waals surface area contributed by atoms with Gasteiger partial charge in [-0.05, 0) is 72.9 Å². The fourth-order valence-corrected chi connectivity index (χ4v) is 3.70. The predicted molar refractivity (Wildman–Crippen MR) is 117 cm³/mol. The predicted octanol–water partition coefficient (Wildman–Crippen LogP) is 4.30. The van der Waals surface area contributed by atoms with Gasteiger partial charge in [0.1, 0.15) is 5.75 Å². The van der Waals surface area contributed by atoms with Gasteiger partial charge in [0.05, 0.1) is 12.0 Å². The molecule has 0 atom stereocenters. The number of rotatable bonds is 6. The van der Waals surface area contributed by atoms with E-state index in [0.717, 1.165) is 5.69 Å². The largest absolute Gasteiger partial charge is 0.497 e. The van der Waals surface area contributed by atoms with Gasteiger partial charge in [-0.1, -0.05) is 18.2 Å². The summed E-state index contributed by atoms with van der Waals surface area (Å²) in [6.07, 6.45) is 0. The molecule has 0 spiro atoms. The molecule has 0 saturated heterocycles. The minimum absolute atomic E-state index is 0.149. The van der Waals surface area contributed by atoms with E-state index in [-0.39, 0.29) is 4.90 Å². The molecule has 0 fully saturated rings. The third-order valence-corrected chi connectivity index (χ3v) is 5.40. The monoisotopic (exact) mass is 413 g/mol. The van der Waals surface area contributed by atoms with Crippen LogP contribution in [0.4, 0.5) is 17.1 Å². The van der Waals surface area contributed by atoms with Gasteiger partial charge < -0.3 is 15.4 Å². The van der Waals surface area contributed by atoms with Crippen LogP contribution in [0.1, 0.15) is 0 Å². The van der Waals surface area contributed by atoms with Crippen LogP contribution in [-0.2, 0) is 10.0 Å². The van der Waals surface area contributed by atoms with Gasteiger partial charge in [-0.3, -0.25) is 4.72 Å². The van der Waals surface area contributed by atoms with Crippen LogP contribution in [-0.4, -0.2) is 20.6 Å². The number of methoxy groups -OCH3 is 1. The Balaban J connectivity index is 1.64. The van der Waals surface area contributed by atoms with Crippen molar-refractivity contribution in [3.8, 4) is 5.75 Å². The summed E-state index contributed by atoms with van der Waals surface area (Å²) in [4.78, 5) is 0.149. The van der Waals surface area contributed by atoms with E-state index in [2.05, 4.69) is 15.4 Å². The Labute approximate surface area is 169 Å². The maximum Gasteiger partial charge on any atom is 0.261 e. The Morgan fingerprint density at radius 1 is 0.786 bits per heavy atom. The van der Waals surface area contributed by atoms with E-state index in [1.807, 2.05) is 30.3 Å². The summed E-state index contributed by atoms with van der Waals surface area (Å²) in [6, 6.07) is 22.5. The van der Waals surface area contributed by atoms with Crippen molar-refractivity contribution >= 4 is 44.4 Å². The second-order valence-corrected chi connectivity index (χ2v) is 7.89. The molecule has 8 heteroatoms. The van der Waals surface area contributed by atoms with Gasteiger partial charge in [0.2, 0.25) is 0 Å². The highest BCUT2D eigenvalue weighted by Crippen LogP contribution is 2.20. The molecule has 0 saturated carbocycles. The Morgan fingerprint density at radius 2 is 1.32 bits per heavy atom. The molecule has 3 rings (SSSR count). The van der Waals surface area contributed by atoms with Crippen molar-refractivity contribution in [3.05, 3.63) is 78.9 Å². The number of hydrogen-bond acceptors (Lipinski definition) is 4. The molecule has 0 bridgehead atoms. The Bertz CT molecular complexity index is 1040. The third kappa shape index (κ3) is 5.21. The summed E-state index contributed by atoms with van der Waals surface area (Å²) in [5.74, 6) is 0.651. The molecule has 3 N–H and O–H groups in total. The number of nitrogens with one attached hydrogen (secondary N) is 3. The van der Waals surface area contributed by atoms with E-state index < -0.39 is 10.0 Å². The summed E-state index contributed by atoms with van der Waals surface area (Å²) in [5.41, 5.74) is 2.00. The van der Waals surface area contributed by atoms with Crippen LogP contribution in [0.25, 0.3) is 0 Å². The van der Waals surface area contributed by atoms with Crippen LogP contribution >= 0.6 is 12.2 Å². The first-order chi connectivity index (χ1) is 13.5. The molecule has 3 aromatic carbocycles. The average molecular weight is 414 g/mol. The van der Waals surface area contributed by atoms with Crippen LogP contribution in [0.15, 0.2) is 83.8 Å². The van der Waals surface area contributed by atoms with Gasteiger partial charge in [0.15, 0.2) is 5.11 Å². The van der Waals surface area contributed by atoms with Gasteiger partial charge in [-0.25, -0.2) is 8.42 Å². The standard InChI is InChI=1S/C20H19N3O3S2/c1-26-18-11-7-17(8-12-18)23-28(24,25)19-13-9-16(10-14-19)22-20(27)21-15-5-3-2-4-6-15/h2-14,23H,1H3,(H2,21,22,27). The van der Waals surface area contributed by atoms with Crippen molar-refractivity contribution < 1.29 is 13.2 Å². The zero-order valence-corrected chi connectivity index (χ0v) is 16.7. The van der Waals surface area contributed by atoms with E-state index in [4.69, 9.17) is 17.0 Å². The molecule has 0 unspecified atom stereocenters. The molecular formula is C20H19N3O3S2. The maximum atomic E-state index is 12.5. The van der Waals surface area contributed by atoms with Gasteiger partial charge in [-0.2, -0.15) is 0 Å². The van der Waals surface area contributed by atoms with Crippen molar-refractivity contribution in [1.82, 2.24) is 0 Å². The summed E-state index contributed by atoms with van der Waals surface area (Å²) in [6.45, 7) is 0. The zero-order valence-electron chi connectivity index (χ0n) is 15.0. The molecule has 0 amide bonds. The molecule has 28 heavy (non-hydrogen) atoms. The highest BCUT2D eigenvalue weighted by Gasteiger charge is 2.14. The lowest BCUT2D eigenvalue weighted by molar-refractivity contribution is 0.415. The van der Waals surface area contributed by atoms with Gasteiger partial charge in [0.25, 0.3) is 10.0 Å². The molecule has 0 aliphatic heterocycles. The van der Waals surface area contributed by atoms with E-state index in [1.165, 1.54) is 12.1 Å². The lowest BCUT2D eigenvalue weighted by Crippen LogP contribution is -2.19. The Kier molecular flexibility index (Phi) is 6.13. The number of benzene rings is 3. The van der Waals surface area contributed by atoms with Crippen LogP contribution in [0, 0.1) is 0 Å². The first-order valence-electron chi connectivity index (χ1n) is 8.36. The zero-order chi connectivity index (χ0) is 20.0. The van der Waals surface area contributed by atoms with E-state index in [0.29, 0.717) is 22.2 Å². The van der Waals surface area contributed by atoms with E-state index in [1.54, 1.807) is 43.5 Å². The molecule has 0 heterocycles. The number of ether oxygens (including phenoxy) is 1. The van der Waals surface area contributed by atoms with Crippen molar-refractivity contribution in [2.75, 3.05) is 22.5 Å². The van der Waals surface area contributed by atoms with Crippen LogP contribution in [0.5, 0.6) is 5.75 Å². The highest BCUT2D eigenvalue weighted by molar-refractivity contribution is 7.92. The number of thiocarbonyl (C=S) groups is 1. The second kappa shape index (κ2) is 8.73. The minimum Gasteiger partial charge on any atom is -0.497 e. The lowest BCUT2D eigenvalue weighted by atomic mass is 10.3. The van der Waals surface area contributed by atoms with Crippen molar-refractivity contribution in [3.63, 3.8) is 0 Å². The third-order valence-electron chi connectivity index (χ3n) is 3.80. The topological polar surface area (TPSA) is 79.5 Å². The SMILES string of the molecule is COc1ccc(NS(=O)(=O)c2ccc(NC(=S)Nc3ccccc3)cc2)cc1. The average Bonchev–Trinajstić information content (AvgIpc) is 2.69. The van der Waals surface area contributed by atoms with Crippen molar-refractivity contribution in [2.45, 2.75) is 4.90 Å². The smallest absolute Gasteiger partial charge is 0.261 e. The molecule has 0 aliphatic carbocycles. The summed E-state index contributed by atoms with van der Waals surface area (Å²) in [7, 11) is -2.14. The molecule has 0 radical (unpaired) electrons. The summed E-state index contributed by atoms with van der Waals surface area (Å²) in [5, 5.41) is 6.49. The number of hydrogen-bond donors (Lipinski definition) is 3. The van der Waals surface area contributed by atoms with Crippen molar-refractivity contribution in [1.29, 1.82) is 0 Å². The molecule has 3 aromatic rings. The van der Waals surface area contributed by atoms with E-state index >= 15 is 0 Å². The normalized spacial score (nSPS) is 10.8. The van der Waals surface area contributed by atoms with E-state index in [9.17, 15) is 8.42 Å². The number of sulfonamides is 1. The van der Waals surface area contributed by atoms with Gasteiger partial charge in [0, 0.05) is 17.1 Å². The fourth-order valence-electron chi connectivity index (χ4n) is 2.41.